The zero-order valence-corrected chi connectivity index (χ0v) is 16.2. The molecule has 0 saturated heterocycles. The normalized spacial score (nSPS) is 13.2. The summed E-state index contributed by atoms with van der Waals surface area (Å²) in [6, 6.07) is 8.35. The number of amides is 1. The fourth-order valence-corrected chi connectivity index (χ4v) is 3.52. The molecular formula is C19H15F3N4O3S. The molecule has 1 aromatic heterocycles. The molecule has 0 atom stereocenters. The zero-order valence-electron chi connectivity index (χ0n) is 15.3. The SMILES string of the molecule is O=C(CSc1ccc2c(c1)OCCO2)Nc1cc(C(F)(F)F)ccc1-n1cncn1. The third-order valence-electron chi connectivity index (χ3n) is 4.15. The summed E-state index contributed by atoms with van der Waals surface area (Å²) in [5.74, 6) is 0.761. The molecule has 0 saturated carbocycles. The number of carbonyl (C=O) groups is 1. The number of nitrogens with one attached hydrogen (secondary N) is 1. The Kier molecular flexibility index (Phi) is 5.53. The molecule has 0 aliphatic carbocycles. The quantitative estimate of drug-likeness (QED) is 0.614. The van der Waals surface area contributed by atoms with E-state index in [4.69, 9.17) is 9.47 Å². The maximum Gasteiger partial charge on any atom is 0.416 e. The van der Waals surface area contributed by atoms with Crippen molar-refractivity contribution in [2.24, 2.45) is 0 Å². The summed E-state index contributed by atoms with van der Waals surface area (Å²) in [5, 5.41) is 6.46. The predicted octanol–water partition coefficient (Wildman–Crippen LogP) is 3.79. The van der Waals surface area contributed by atoms with Crippen LogP contribution in [0, 0.1) is 0 Å². The van der Waals surface area contributed by atoms with Crippen molar-refractivity contribution in [3.63, 3.8) is 0 Å². The van der Waals surface area contributed by atoms with Crippen molar-refractivity contribution in [2.45, 2.75) is 11.1 Å². The summed E-state index contributed by atoms with van der Waals surface area (Å²) in [7, 11) is 0. The Morgan fingerprint density at radius 3 is 2.67 bits per heavy atom. The molecule has 0 bridgehead atoms. The fraction of sp³-hybridized carbons (Fsp3) is 0.211. The Labute approximate surface area is 173 Å². The second-order valence-electron chi connectivity index (χ2n) is 6.21. The Morgan fingerprint density at radius 1 is 1.13 bits per heavy atom. The van der Waals surface area contributed by atoms with E-state index in [0.717, 1.165) is 17.0 Å². The number of carbonyl (C=O) groups excluding carboxylic acids is 1. The van der Waals surface area contributed by atoms with Gasteiger partial charge in [0.2, 0.25) is 5.91 Å². The van der Waals surface area contributed by atoms with E-state index in [0.29, 0.717) is 24.7 Å². The smallest absolute Gasteiger partial charge is 0.416 e. The van der Waals surface area contributed by atoms with Crippen LogP contribution in [0.2, 0.25) is 0 Å². The van der Waals surface area contributed by atoms with Crippen LogP contribution in [0.15, 0.2) is 53.9 Å². The van der Waals surface area contributed by atoms with Gasteiger partial charge in [-0.25, -0.2) is 9.67 Å². The van der Waals surface area contributed by atoms with Gasteiger partial charge in [-0.1, -0.05) is 0 Å². The highest BCUT2D eigenvalue weighted by Crippen LogP contribution is 2.35. The first-order valence-corrected chi connectivity index (χ1v) is 9.77. The topological polar surface area (TPSA) is 78.3 Å². The Morgan fingerprint density at radius 2 is 1.93 bits per heavy atom. The second kappa shape index (κ2) is 8.27. The molecule has 0 unspecified atom stereocenters. The highest BCUT2D eigenvalue weighted by molar-refractivity contribution is 8.00. The number of hydrogen-bond donors (Lipinski definition) is 1. The van der Waals surface area contributed by atoms with Crippen LogP contribution in [0.5, 0.6) is 11.5 Å². The third kappa shape index (κ3) is 4.51. The first-order valence-electron chi connectivity index (χ1n) is 8.79. The molecule has 2 aromatic carbocycles. The maximum atomic E-state index is 13.1. The minimum atomic E-state index is -4.54. The molecule has 1 aliphatic rings. The molecule has 1 aliphatic heterocycles. The minimum Gasteiger partial charge on any atom is -0.486 e. The molecule has 156 valence electrons. The van der Waals surface area contributed by atoms with Crippen molar-refractivity contribution >= 4 is 23.4 Å². The van der Waals surface area contributed by atoms with Gasteiger partial charge in [-0.05, 0) is 36.4 Å². The number of aromatic nitrogens is 3. The number of hydrogen-bond acceptors (Lipinski definition) is 6. The summed E-state index contributed by atoms with van der Waals surface area (Å²) < 4.78 is 51.6. The average Bonchev–Trinajstić information content (AvgIpc) is 3.26. The summed E-state index contributed by atoms with van der Waals surface area (Å²) in [5.41, 5.74) is -0.609. The molecule has 2 heterocycles. The number of thioether (sulfide) groups is 1. The van der Waals surface area contributed by atoms with E-state index < -0.39 is 17.6 Å². The van der Waals surface area contributed by atoms with Crippen LogP contribution in [0.1, 0.15) is 5.56 Å². The summed E-state index contributed by atoms with van der Waals surface area (Å²) in [6.07, 6.45) is -1.95. The Hall–Kier alpha value is -3.21. The molecule has 0 spiro atoms. The van der Waals surface area contributed by atoms with Crippen LogP contribution < -0.4 is 14.8 Å². The van der Waals surface area contributed by atoms with Crippen LogP contribution in [0.3, 0.4) is 0 Å². The van der Waals surface area contributed by atoms with Crippen LogP contribution >= 0.6 is 11.8 Å². The highest BCUT2D eigenvalue weighted by atomic mass is 32.2. The second-order valence-corrected chi connectivity index (χ2v) is 7.26. The van der Waals surface area contributed by atoms with E-state index in [1.807, 2.05) is 0 Å². The molecule has 1 amide bonds. The molecule has 0 radical (unpaired) electrons. The first kappa shape index (κ1) is 20.1. The molecular weight excluding hydrogens is 421 g/mol. The number of nitrogens with zero attached hydrogens (tertiary/aromatic N) is 3. The highest BCUT2D eigenvalue weighted by Gasteiger charge is 2.31. The standard InChI is InChI=1S/C19H15F3N4O3S/c20-19(21,22)12-1-3-15(26-11-23-10-24-26)14(7-12)25-18(27)9-30-13-2-4-16-17(8-13)29-6-5-28-16/h1-4,7-8,10-11H,5-6,9H2,(H,25,27). The monoisotopic (exact) mass is 436 g/mol. The van der Waals surface area contributed by atoms with Gasteiger partial charge in [0.15, 0.2) is 11.5 Å². The fourth-order valence-electron chi connectivity index (χ4n) is 2.79. The van der Waals surface area contributed by atoms with Gasteiger partial charge in [0.05, 0.1) is 22.7 Å². The third-order valence-corrected chi connectivity index (χ3v) is 5.14. The lowest BCUT2D eigenvalue weighted by Gasteiger charge is -2.18. The molecule has 0 fully saturated rings. The zero-order chi connectivity index (χ0) is 21.1. The lowest BCUT2D eigenvalue weighted by Crippen LogP contribution is -2.17. The van der Waals surface area contributed by atoms with Crippen LogP contribution in [-0.4, -0.2) is 39.6 Å². The van der Waals surface area contributed by atoms with Gasteiger partial charge >= 0.3 is 6.18 Å². The van der Waals surface area contributed by atoms with E-state index in [2.05, 4.69) is 15.4 Å². The van der Waals surface area contributed by atoms with Crippen molar-refractivity contribution in [3.05, 3.63) is 54.6 Å². The maximum absolute atomic E-state index is 13.1. The van der Waals surface area contributed by atoms with Gasteiger partial charge in [-0.3, -0.25) is 4.79 Å². The number of rotatable bonds is 5. The number of alkyl halides is 3. The summed E-state index contributed by atoms with van der Waals surface area (Å²) in [6.45, 7) is 0.926. The molecule has 4 rings (SSSR count). The Bertz CT molecular complexity index is 1060. The van der Waals surface area contributed by atoms with Crippen LogP contribution in [0.4, 0.5) is 18.9 Å². The molecule has 11 heteroatoms. The van der Waals surface area contributed by atoms with Gasteiger partial charge in [-0.15, -0.1) is 11.8 Å². The lowest BCUT2D eigenvalue weighted by molar-refractivity contribution is -0.137. The van der Waals surface area contributed by atoms with E-state index in [-0.39, 0.29) is 17.1 Å². The van der Waals surface area contributed by atoms with Gasteiger partial charge in [-0.2, -0.15) is 18.3 Å². The van der Waals surface area contributed by atoms with Crippen molar-refractivity contribution in [2.75, 3.05) is 24.3 Å². The average molecular weight is 436 g/mol. The molecule has 3 aromatic rings. The van der Waals surface area contributed by atoms with Crippen molar-refractivity contribution in [1.29, 1.82) is 0 Å². The van der Waals surface area contributed by atoms with Crippen molar-refractivity contribution < 1.29 is 27.4 Å². The number of halogens is 3. The van der Waals surface area contributed by atoms with Gasteiger partial charge in [0.25, 0.3) is 0 Å². The lowest BCUT2D eigenvalue weighted by atomic mass is 10.1. The van der Waals surface area contributed by atoms with Crippen molar-refractivity contribution in [1.82, 2.24) is 14.8 Å². The van der Waals surface area contributed by atoms with Crippen LogP contribution in [-0.2, 0) is 11.0 Å². The number of fused-ring (bicyclic) bond motifs is 1. The van der Waals surface area contributed by atoms with E-state index >= 15 is 0 Å². The van der Waals surface area contributed by atoms with Crippen LogP contribution in [0.25, 0.3) is 5.69 Å². The van der Waals surface area contributed by atoms with Gasteiger partial charge in [0.1, 0.15) is 25.9 Å². The number of benzene rings is 2. The molecule has 30 heavy (non-hydrogen) atoms. The van der Waals surface area contributed by atoms with Crippen molar-refractivity contribution in [3.8, 4) is 17.2 Å². The molecule has 1 N–H and O–H groups in total. The largest absolute Gasteiger partial charge is 0.486 e. The summed E-state index contributed by atoms with van der Waals surface area (Å²) >= 11 is 1.23. The number of ether oxygens (including phenoxy) is 2. The van der Waals surface area contributed by atoms with Gasteiger partial charge in [0, 0.05) is 4.90 Å². The van der Waals surface area contributed by atoms with E-state index in [1.165, 1.54) is 35.2 Å². The van der Waals surface area contributed by atoms with E-state index in [1.54, 1.807) is 18.2 Å². The van der Waals surface area contributed by atoms with E-state index in [9.17, 15) is 18.0 Å². The number of anilines is 1. The molecule has 7 nitrogen and oxygen atoms in total. The first-order chi connectivity index (χ1) is 14.4. The predicted molar refractivity (Wildman–Crippen MR) is 103 cm³/mol. The van der Waals surface area contributed by atoms with Gasteiger partial charge < -0.3 is 14.8 Å². The summed E-state index contributed by atoms with van der Waals surface area (Å²) in [4.78, 5) is 17.0. The minimum absolute atomic E-state index is 0.00726. The Balaban J connectivity index is 1.49.